The molecule has 0 unspecified atom stereocenters. The van der Waals surface area contributed by atoms with Crippen molar-refractivity contribution in [3.63, 3.8) is 0 Å². The number of thiocarbonyl (C=S) groups is 1. The third-order valence-electron chi connectivity index (χ3n) is 2.60. The van der Waals surface area contributed by atoms with E-state index in [9.17, 15) is 14.0 Å². The summed E-state index contributed by atoms with van der Waals surface area (Å²) in [5.74, 6) is -0.0145. The van der Waals surface area contributed by atoms with Crippen LogP contribution in [0.5, 0.6) is 0 Å². The number of hydrogen-bond acceptors (Lipinski definition) is 4. The lowest BCUT2D eigenvalue weighted by Crippen LogP contribution is -2.47. The molecule has 1 aromatic carbocycles. The molecule has 1 fully saturated rings. The lowest BCUT2D eigenvalue weighted by molar-refractivity contribution is -0.122. The van der Waals surface area contributed by atoms with E-state index in [4.69, 9.17) is 12.2 Å². The van der Waals surface area contributed by atoms with E-state index in [0.717, 1.165) is 0 Å². The first-order valence-electron chi connectivity index (χ1n) is 6.08. The van der Waals surface area contributed by atoms with E-state index in [-0.39, 0.29) is 28.6 Å². The summed E-state index contributed by atoms with van der Waals surface area (Å²) in [6.45, 7) is 0.549. The zero-order chi connectivity index (χ0) is 15.2. The molecule has 2 rings (SSSR count). The van der Waals surface area contributed by atoms with Crippen molar-refractivity contribution in [3.05, 3.63) is 30.1 Å². The van der Waals surface area contributed by atoms with E-state index in [1.54, 1.807) is 0 Å². The first-order valence-corrected chi connectivity index (χ1v) is 7.47. The van der Waals surface area contributed by atoms with E-state index in [1.807, 2.05) is 0 Å². The molecule has 1 aliphatic rings. The number of nitrogens with one attached hydrogen (secondary N) is 3. The highest BCUT2D eigenvalue weighted by atomic mass is 32.2. The summed E-state index contributed by atoms with van der Waals surface area (Å²) >= 11 is 6.17. The molecule has 1 heterocycles. The van der Waals surface area contributed by atoms with Gasteiger partial charge in [-0.1, -0.05) is 11.8 Å². The average molecular weight is 328 g/mol. The standard InChI is InChI=1S/C12H13FN4O2S2/c13-8-1-3-9(4-2-8)14-11(20)16-15-10(18)7-17-5-6-21-12(17)19/h1-4H,5-7H2,(H,15,18)(H2,14,16,20). The van der Waals surface area contributed by atoms with Crippen LogP contribution >= 0.6 is 24.0 Å². The third-order valence-corrected chi connectivity index (χ3v) is 3.69. The van der Waals surface area contributed by atoms with Gasteiger partial charge in [-0.15, -0.1) is 0 Å². The maximum Gasteiger partial charge on any atom is 0.282 e. The predicted molar refractivity (Wildman–Crippen MR) is 83.3 cm³/mol. The Bertz CT molecular complexity index is 553. The minimum atomic E-state index is -0.367. The number of carbonyl (C=O) groups is 2. The van der Waals surface area contributed by atoms with Gasteiger partial charge in [0.1, 0.15) is 12.4 Å². The number of hydrogen-bond donors (Lipinski definition) is 3. The average Bonchev–Trinajstić information content (AvgIpc) is 2.85. The Morgan fingerprint density at radius 1 is 1.33 bits per heavy atom. The van der Waals surface area contributed by atoms with Gasteiger partial charge in [0.05, 0.1) is 0 Å². The number of benzene rings is 1. The SMILES string of the molecule is O=C(CN1CCSC1=O)NNC(=S)Nc1ccc(F)cc1. The zero-order valence-corrected chi connectivity index (χ0v) is 12.5. The van der Waals surface area contributed by atoms with Crippen LogP contribution in [0.4, 0.5) is 14.9 Å². The van der Waals surface area contributed by atoms with Crippen LogP contribution in [0.25, 0.3) is 0 Å². The topological polar surface area (TPSA) is 73.5 Å². The number of rotatable bonds is 3. The Morgan fingerprint density at radius 2 is 2.05 bits per heavy atom. The van der Waals surface area contributed by atoms with Crippen LogP contribution in [0, 0.1) is 5.82 Å². The summed E-state index contributed by atoms with van der Waals surface area (Å²) in [6, 6.07) is 5.62. The quantitative estimate of drug-likeness (QED) is 0.574. The van der Waals surface area contributed by atoms with Gasteiger partial charge in [0.15, 0.2) is 5.11 Å². The Hall–Kier alpha value is -1.87. The van der Waals surface area contributed by atoms with Gasteiger partial charge in [-0.05, 0) is 36.5 Å². The molecule has 2 amide bonds. The molecule has 0 atom stereocenters. The molecular formula is C12H13FN4O2S2. The molecule has 3 N–H and O–H groups in total. The molecule has 1 aliphatic heterocycles. The van der Waals surface area contributed by atoms with Crippen LogP contribution < -0.4 is 16.2 Å². The second-order valence-corrected chi connectivity index (χ2v) is 5.62. The van der Waals surface area contributed by atoms with E-state index in [1.165, 1.54) is 40.9 Å². The highest BCUT2D eigenvalue weighted by Gasteiger charge is 2.23. The summed E-state index contributed by atoms with van der Waals surface area (Å²) in [6.07, 6.45) is 0. The molecule has 21 heavy (non-hydrogen) atoms. The molecular weight excluding hydrogens is 315 g/mol. The normalized spacial score (nSPS) is 14.0. The van der Waals surface area contributed by atoms with Gasteiger partial charge >= 0.3 is 0 Å². The van der Waals surface area contributed by atoms with Gasteiger partial charge in [0.25, 0.3) is 11.1 Å². The van der Waals surface area contributed by atoms with Gasteiger partial charge in [0, 0.05) is 18.0 Å². The van der Waals surface area contributed by atoms with Gasteiger partial charge in [-0.3, -0.25) is 20.4 Å². The molecule has 0 aliphatic carbocycles. The predicted octanol–water partition coefficient (Wildman–Crippen LogP) is 1.31. The molecule has 112 valence electrons. The fraction of sp³-hybridized carbons (Fsp3) is 0.250. The van der Waals surface area contributed by atoms with E-state index in [0.29, 0.717) is 18.0 Å². The molecule has 1 saturated heterocycles. The van der Waals surface area contributed by atoms with Crippen molar-refractivity contribution < 1.29 is 14.0 Å². The van der Waals surface area contributed by atoms with Crippen molar-refractivity contribution >= 4 is 45.9 Å². The van der Waals surface area contributed by atoms with Crippen LogP contribution in [0.2, 0.25) is 0 Å². The summed E-state index contributed by atoms with van der Waals surface area (Å²) in [5, 5.41) is 2.85. The number of carbonyl (C=O) groups excluding carboxylic acids is 2. The van der Waals surface area contributed by atoms with Gasteiger partial charge < -0.3 is 10.2 Å². The molecule has 0 bridgehead atoms. The van der Waals surface area contributed by atoms with Crippen LogP contribution in [0.15, 0.2) is 24.3 Å². The number of halogens is 1. The van der Waals surface area contributed by atoms with Crippen LogP contribution in [0.3, 0.4) is 0 Å². The van der Waals surface area contributed by atoms with Crippen molar-refractivity contribution in [3.8, 4) is 0 Å². The van der Waals surface area contributed by atoms with Crippen molar-refractivity contribution in [1.29, 1.82) is 0 Å². The minimum absolute atomic E-state index is 0.0159. The number of nitrogens with zero attached hydrogens (tertiary/aromatic N) is 1. The van der Waals surface area contributed by atoms with Crippen LogP contribution in [-0.4, -0.2) is 40.0 Å². The smallest absolute Gasteiger partial charge is 0.282 e. The Kier molecular flexibility index (Phi) is 5.34. The fourth-order valence-electron chi connectivity index (χ4n) is 1.60. The molecule has 0 saturated carbocycles. The maximum absolute atomic E-state index is 12.7. The van der Waals surface area contributed by atoms with Crippen molar-refractivity contribution in [1.82, 2.24) is 15.8 Å². The van der Waals surface area contributed by atoms with Gasteiger partial charge in [-0.2, -0.15) is 0 Å². The van der Waals surface area contributed by atoms with Crippen LogP contribution in [-0.2, 0) is 4.79 Å². The Morgan fingerprint density at radius 3 is 2.67 bits per heavy atom. The fourth-order valence-corrected chi connectivity index (χ4v) is 2.60. The summed E-state index contributed by atoms with van der Waals surface area (Å²) in [7, 11) is 0. The molecule has 9 heteroatoms. The van der Waals surface area contributed by atoms with E-state index < -0.39 is 0 Å². The molecule has 0 aromatic heterocycles. The van der Waals surface area contributed by atoms with Gasteiger partial charge in [0.2, 0.25) is 0 Å². The molecule has 0 spiro atoms. The second-order valence-electron chi connectivity index (χ2n) is 4.17. The highest BCUT2D eigenvalue weighted by Crippen LogP contribution is 2.16. The maximum atomic E-state index is 12.7. The van der Waals surface area contributed by atoms with E-state index in [2.05, 4.69) is 16.2 Å². The Balaban J connectivity index is 1.72. The number of anilines is 1. The Labute approximate surface area is 130 Å². The number of amides is 2. The van der Waals surface area contributed by atoms with Crippen molar-refractivity contribution in [2.45, 2.75) is 0 Å². The summed E-state index contributed by atoms with van der Waals surface area (Å²) in [5.41, 5.74) is 5.50. The van der Waals surface area contributed by atoms with Crippen LogP contribution in [0.1, 0.15) is 0 Å². The molecule has 1 aromatic rings. The number of hydrazine groups is 1. The van der Waals surface area contributed by atoms with Crippen molar-refractivity contribution in [2.24, 2.45) is 0 Å². The van der Waals surface area contributed by atoms with Gasteiger partial charge in [-0.25, -0.2) is 4.39 Å². The molecule has 6 nitrogen and oxygen atoms in total. The molecule has 0 radical (unpaired) electrons. The zero-order valence-electron chi connectivity index (χ0n) is 10.9. The monoisotopic (exact) mass is 328 g/mol. The highest BCUT2D eigenvalue weighted by molar-refractivity contribution is 8.13. The lowest BCUT2D eigenvalue weighted by atomic mass is 10.3. The number of thioether (sulfide) groups is 1. The van der Waals surface area contributed by atoms with Crippen molar-refractivity contribution in [2.75, 3.05) is 24.2 Å². The first kappa shape index (κ1) is 15.5. The third kappa shape index (κ3) is 4.87. The first-order chi connectivity index (χ1) is 10.0. The summed E-state index contributed by atoms with van der Waals surface area (Å²) in [4.78, 5) is 24.4. The minimum Gasteiger partial charge on any atom is -0.331 e. The van der Waals surface area contributed by atoms with E-state index >= 15 is 0 Å². The summed E-state index contributed by atoms with van der Waals surface area (Å²) < 4.78 is 12.7. The lowest BCUT2D eigenvalue weighted by Gasteiger charge is -2.15. The second kappa shape index (κ2) is 7.23. The largest absolute Gasteiger partial charge is 0.331 e.